The number of hydrogen-bond acceptors (Lipinski definition) is 3. The molecule has 20 heavy (non-hydrogen) atoms. The molecular weight excluding hydrogens is 254 g/mol. The molecule has 3 rings (SSSR count). The molecule has 2 N–H and O–H groups in total. The number of para-hydroxylation sites is 2. The molecular formula is C15H17N3O2. The van der Waals surface area contributed by atoms with Crippen LogP contribution in [0.5, 0.6) is 5.75 Å². The van der Waals surface area contributed by atoms with Crippen LogP contribution < -0.4 is 10.1 Å². The Bertz CT molecular complexity index is 621. The van der Waals surface area contributed by atoms with E-state index in [0.29, 0.717) is 17.9 Å². The molecule has 1 aromatic heterocycles. The summed E-state index contributed by atoms with van der Waals surface area (Å²) in [6.07, 6.45) is 4.11. The van der Waals surface area contributed by atoms with E-state index in [1.165, 1.54) is 0 Å². The molecule has 0 radical (unpaired) electrons. The first-order valence-electron chi connectivity index (χ1n) is 6.73. The van der Waals surface area contributed by atoms with Crippen LogP contribution in [0.2, 0.25) is 0 Å². The number of fused-ring (bicyclic) bond motifs is 1. The van der Waals surface area contributed by atoms with Gasteiger partial charge in [-0.1, -0.05) is 12.1 Å². The highest BCUT2D eigenvalue weighted by Gasteiger charge is 2.26. The molecule has 5 heteroatoms. The zero-order valence-corrected chi connectivity index (χ0v) is 11.3. The Morgan fingerprint density at radius 1 is 1.45 bits per heavy atom. The molecule has 0 fully saturated rings. The first kappa shape index (κ1) is 12.7. The number of imidazole rings is 1. The average molecular weight is 271 g/mol. The Hall–Kier alpha value is -2.30. The van der Waals surface area contributed by atoms with Crippen molar-refractivity contribution in [1.29, 1.82) is 0 Å². The van der Waals surface area contributed by atoms with Crippen molar-refractivity contribution in [3.05, 3.63) is 42.0 Å². The molecule has 1 aliphatic carbocycles. The Balaban J connectivity index is 1.71. The number of ether oxygens (including phenoxy) is 1. The van der Waals surface area contributed by atoms with Gasteiger partial charge in [0.15, 0.2) is 0 Å². The van der Waals surface area contributed by atoms with E-state index < -0.39 is 0 Å². The van der Waals surface area contributed by atoms with Crippen LogP contribution in [0.15, 0.2) is 30.6 Å². The van der Waals surface area contributed by atoms with Crippen molar-refractivity contribution < 1.29 is 9.53 Å². The van der Waals surface area contributed by atoms with Gasteiger partial charge >= 0.3 is 0 Å². The number of benzene rings is 1. The lowest BCUT2D eigenvalue weighted by Crippen LogP contribution is -2.28. The van der Waals surface area contributed by atoms with Gasteiger partial charge in [0, 0.05) is 18.0 Å². The molecule has 0 saturated heterocycles. The molecule has 0 bridgehead atoms. The van der Waals surface area contributed by atoms with Gasteiger partial charge in [-0.05, 0) is 25.0 Å². The van der Waals surface area contributed by atoms with Crippen LogP contribution in [-0.2, 0) is 17.6 Å². The fourth-order valence-corrected chi connectivity index (χ4v) is 2.60. The Morgan fingerprint density at radius 3 is 3.15 bits per heavy atom. The van der Waals surface area contributed by atoms with E-state index in [-0.39, 0.29) is 11.8 Å². The van der Waals surface area contributed by atoms with Crippen molar-refractivity contribution in [3.8, 4) is 5.75 Å². The summed E-state index contributed by atoms with van der Waals surface area (Å²) in [5.41, 5.74) is 2.88. The molecule has 0 unspecified atom stereocenters. The summed E-state index contributed by atoms with van der Waals surface area (Å²) in [6, 6.07) is 7.44. The highest BCUT2D eigenvalue weighted by atomic mass is 16.5. The fourth-order valence-electron chi connectivity index (χ4n) is 2.60. The van der Waals surface area contributed by atoms with Crippen molar-refractivity contribution in [2.45, 2.75) is 19.3 Å². The SMILES string of the molecule is COc1ccccc1NC(=O)[C@H]1CCc2[nH]cnc2C1. The Kier molecular flexibility index (Phi) is 3.41. The number of carbonyl (C=O) groups excluding carboxylic acids is 1. The molecule has 0 aliphatic heterocycles. The summed E-state index contributed by atoms with van der Waals surface area (Å²) in [7, 11) is 1.60. The topological polar surface area (TPSA) is 67.0 Å². The zero-order valence-electron chi connectivity index (χ0n) is 11.3. The monoisotopic (exact) mass is 271 g/mol. The van der Waals surface area contributed by atoms with E-state index in [1.807, 2.05) is 24.3 Å². The second kappa shape index (κ2) is 5.36. The molecule has 0 spiro atoms. The van der Waals surface area contributed by atoms with Crippen LogP contribution in [0.4, 0.5) is 5.69 Å². The van der Waals surface area contributed by atoms with Crippen molar-refractivity contribution in [3.63, 3.8) is 0 Å². The number of methoxy groups -OCH3 is 1. The van der Waals surface area contributed by atoms with Gasteiger partial charge in [0.05, 0.1) is 24.8 Å². The lowest BCUT2D eigenvalue weighted by molar-refractivity contribution is -0.120. The minimum Gasteiger partial charge on any atom is -0.495 e. The predicted molar refractivity (Wildman–Crippen MR) is 75.7 cm³/mol. The van der Waals surface area contributed by atoms with E-state index in [4.69, 9.17) is 4.74 Å². The number of hydrogen-bond donors (Lipinski definition) is 2. The maximum Gasteiger partial charge on any atom is 0.227 e. The molecule has 1 amide bonds. The fraction of sp³-hybridized carbons (Fsp3) is 0.333. The molecule has 0 saturated carbocycles. The van der Waals surface area contributed by atoms with E-state index in [0.717, 1.165) is 24.2 Å². The summed E-state index contributed by atoms with van der Waals surface area (Å²) in [6.45, 7) is 0. The number of nitrogens with zero attached hydrogens (tertiary/aromatic N) is 1. The number of anilines is 1. The zero-order chi connectivity index (χ0) is 13.9. The van der Waals surface area contributed by atoms with Crippen molar-refractivity contribution in [2.24, 2.45) is 5.92 Å². The van der Waals surface area contributed by atoms with Crippen LogP contribution >= 0.6 is 0 Å². The number of nitrogens with one attached hydrogen (secondary N) is 2. The molecule has 1 aromatic carbocycles. The second-order valence-electron chi connectivity index (χ2n) is 4.96. The van der Waals surface area contributed by atoms with Gasteiger partial charge in [-0.2, -0.15) is 0 Å². The molecule has 1 heterocycles. The molecule has 104 valence electrons. The van der Waals surface area contributed by atoms with Crippen LogP contribution in [-0.4, -0.2) is 23.0 Å². The second-order valence-corrected chi connectivity index (χ2v) is 4.96. The number of rotatable bonds is 3. The number of carbonyl (C=O) groups is 1. The van der Waals surface area contributed by atoms with Crippen LogP contribution in [0.25, 0.3) is 0 Å². The Labute approximate surface area is 117 Å². The van der Waals surface area contributed by atoms with E-state index >= 15 is 0 Å². The summed E-state index contributed by atoms with van der Waals surface area (Å²) >= 11 is 0. The first-order chi connectivity index (χ1) is 9.78. The van der Waals surface area contributed by atoms with Crippen LogP contribution in [0.3, 0.4) is 0 Å². The number of amides is 1. The molecule has 1 aliphatic rings. The van der Waals surface area contributed by atoms with Gasteiger partial charge in [0.1, 0.15) is 5.75 Å². The van der Waals surface area contributed by atoms with E-state index in [1.54, 1.807) is 13.4 Å². The van der Waals surface area contributed by atoms with Gasteiger partial charge in [-0.25, -0.2) is 4.98 Å². The minimum atomic E-state index is -0.0317. The number of H-pyrrole nitrogens is 1. The summed E-state index contributed by atoms with van der Waals surface area (Å²) < 4.78 is 5.25. The normalized spacial score (nSPS) is 17.4. The summed E-state index contributed by atoms with van der Waals surface area (Å²) in [4.78, 5) is 19.8. The van der Waals surface area contributed by atoms with Crippen LogP contribution in [0, 0.1) is 5.92 Å². The van der Waals surface area contributed by atoms with Crippen LogP contribution in [0.1, 0.15) is 17.8 Å². The first-order valence-corrected chi connectivity index (χ1v) is 6.73. The van der Waals surface area contributed by atoms with E-state index in [2.05, 4.69) is 15.3 Å². The summed E-state index contributed by atoms with van der Waals surface area (Å²) in [5.74, 6) is 0.677. The summed E-state index contributed by atoms with van der Waals surface area (Å²) in [5, 5.41) is 2.95. The van der Waals surface area contributed by atoms with Gasteiger partial charge in [-0.3, -0.25) is 4.79 Å². The largest absolute Gasteiger partial charge is 0.495 e. The highest BCUT2D eigenvalue weighted by molar-refractivity contribution is 5.94. The molecule has 2 aromatic rings. The third kappa shape index (κ3) is 2.39. The third-order valence-electron chi connectivity index (χ3n) is 3.73. The van der Waals surface area contributed by atoms with Gasteiger partial charge in [0.2, 0.25) is 5.91 Å². The van der Waals surface area contributed by atoms with E-state index in [9.17, 15) is 4.79 Å². The average Bonchev–Trinajstić information content (AvgIpc) is 2.95. The highest BCUT2D eigenvalue weighted by Crippen LogP contribution is 2.27. The lowest BCUT2D eigenvalue weighted by atomic mass is 9.89. The van der Waals surface area contributed by atoms with Crippen molar-refractivity contribution in [2.75, 3.05) is 12.4 Å². The smallest absolute Gasteiger partial charge is 0.227 e. The standard InChI is InChI=1S/C15H17N3O2/c1-20-14-5-3-2-4-12(14)18-15(19)10-6-7-11-13(8-10)17-9-16-11/h2-5,9-10H,6-8H2,1H3,(H,16,17)(H,18,19)/t10-/m0/s1. The Morgan fingerprint density at radius 2 is 2.30 bits per heavy atom. The predicted octanol–water partition coefficient (Wildman–Crippen LogP) is 2.16. The maximum atomic E-state index is 12.4. The van der Waals surface area contributed by atoms with Crippen molar-refractivity contribution in [1.82, 2.24) is 9.97 Å². The number of aromatic nitrogens is 2. The molecule has 1 atom stereocenters. The van der Waals surface area contributed by atoms with Gasteiger partial charge in [0.25, 0.3) is 0 Å². The lowest BCUT2D eigenvalue weighted by Gasteiger charge is -2.21. The minimum absolute atomic E-state index is 0.0307. The number of aryl methyl sites for hydroxylation is 1. The van der Waals surface area contributed by atoms with Gasteiger partial charge < -0.3 is 15.0 Å². The number of aromatic amines is 1. The third-order valence-corrected chi connectivity index (χ3v) is 3.73. The molecule has 5 nitrogen and oxygen atoms in total. The quantitative estimate of drug-likeness (QED) is 0.899. The maximum absolute atomic E-state index is 12.4. The van der Waals surface area contributed by atoms with Crippen molar-refractivity contribution >= 4 is 11.6 Å². The van der Waals surface area contributed by atoms with Gasteiger partial charge in [-0.15, -0.1) is 0 Å².